The highest BCUT2D eigenvalue weighted by Crippen LogP contribution is 2.17. The summed E-state index contributed by atoms with van der Waals surface area (Å²) in [6, 6.07) is 4.83. The van der Waals surface area contributed by atoms with E-state index in [1.54, 1.807) is 20.8 Å². The summed E-state index contributed by atoms with van der Waals surface area (Å²) in [5.74, 6) is -1.35. The lowest BCUT2D eigenvalue weighted by atomic mass is 10.1. The maximum absolute atomic E-state index is 12.5. The Balaban J connectivity index is 2.12. The predicted octanol–water partition coefficient (Wildman–Crippen LogP) is 1.00. The normalized spacial score (nSPS) is 14.2. The Hall–Kier alpha value is -2.92. The van der Waals surface area contributed by atoms with E-state index in [4.69, 9.17) is 9.47 Å². The summed E-state index contributed by atoms with van der Waals surface area (Å²) in [5, 5.41) is 4.88. The summed E-state index contributed by atoms with van der Waals surface area (Å²) in [7, 11) is -3.63. The number of nitrogens with one attached hydrogen (secondary N) is 2. The van der Waals surface area contributed by atoms with E-state index in [2.05, 4.69) is 10.6 Å². The van der Waals surface area contributed by atoms with Gasteiger partial charge in [-0.3, -0.25) is 0 Å². The molecule has 164 valence electrons. The molecule has 1 aromatic rings. The molecule has 0 radical (unpaired) electrons. The van der Waals surface area contributed by atoms with Gasteiger partial charge in [-0.1, -0.05) is 13.8 Å². The average Bonchev–Trinajstić information content (AvgIpc) is 2.73. The third-order valence-electron chi connectivity index (χ3n) is 4.36. The van der Waals surface area contributed by atoms with Crippen LogP contribution in [0.3, 0.4) is 0 Å². The second-order valence-corrected chi connectivity index (χ2v) is 8.11. The molecule has 1 heterocycles. The SMILES string of the molecule is CCOC(=O)C1=C(COC(=O)c2ccc(S(=O)(=O)N(CC)CC)cc2)NC(=O)NC1. The third-order valence-corrected chi connectivity index (χ3v) is 6.42. The molecule has 0 fully saturated rings. The number of esters is 2. The zero-order valence-corrected chi connectivity index (χ0v) is 17.9. The van der Waals surface area contributed by atoms with E-state index in [0.717, 1.165) is 0 Å². The van der Waals surface area contributed by atoms with E-state index in [1.165, 1.54) is 28.6 Å². The van der Waals surface area contributed by atoms with Crippen LogP contribution in [0.5, 0.6) is 0 Å². The summed E-state index contributed by atoms with van der Waals surface area (Å²) in [6.45, 7) is 5.57. The van der Waals surface area contributed by atoms with Crippen LogP contribution in [0.25, 0.3) is 0 Å². The number of carbonyl (C=O) groups is 3. The zero-order valence-electron chi connectivity index (χ0n) is 17.1. The van der Waals surface area contributed by atoms with Gasteiger partial charge in [0.05, 0.1) is 34.9 Å². The van der Waals surface area contributed by atoms with Crippen LogP contribution >= 0.6 is 0 Å². The molecule has 0 saturated heterocycles. The number of urea groups is 1. The second kappa shape index (κ2) is 10.2. The van der Waals surface area contributed by atoms with Crippen molar-refractivity contribution < 1.29 is 32.3 Å². The summed E-state index contributed by atoms with van der Waals surface area (Å²) in [5.41, 5.74) is 0.420. The summed E-state index contributed by atoms with van der Waals surface area (Å²) >= 11 is 0. The fraction of sp³-hybridized carbons (Fsp3) is 0.421. The van der Waals surface area contributed by atoms with Crippen molar-refractivity contribution in [2.24, 2.45) is 0 Å². The Morgan fingerprint density at radius 2 is 1.67 bits per heavy atom. The number of benzene rings is 1. The first-order valence-electron chi connectivity index (χ1n) is 9.45. The van der Waals surface area contributed by atoms with Gasteiger partial charge in [0.25, 0.3) is 0 Å². The molecule has 1 aliphatic heterocycles. The molecular weight excluding hydrogens is 414 g/mol. The minimum atomic E-state index is -3.63. The summed E-state index contributed by atoms with van der Waals surface area (Å²) in [6.07, 6.45) is 0. The number of rotatable bonds is 9. The van der Waals surface area contributed by atoms with Crippen molar-refractivity contribution in [1.82, 2.24) is 14.9 Å². The second-order valence-electron chi connectivity index (χ2n) is 6.18. The Kier molecular flexibility index (Phi) is 7.95. The standard InChI is InChI=1S/C19H25N3O7S/c1-4-22(5-2)30(26,27)14-9-7-13(8-10-14)17(23)29-12-16-15(18(24)28-6-3)11-20-19(25)21-16/h7-10H,4-6,11-12H2,1-3H3,(H2,20,21,25). The smallest absolute Gasteiger partial charge is 0.338 e. The monoisotopic (exact) mass is 439 g/mol. The number of sulfonamides is 1. The minimum absolute atomic E-state index is 0.0462. The minimum Gasteiger partial charge on any atom is -0.463 e. The van der Waals surface area contributed by atoms with Crippen molar-refractivity contribution in [2.75, 3.05) is 32.8 Å². The van der Waals surface area contributed by atoms with Gasteiger partial charge >= 0.3 is 18.0 Å². The van der Waals surface area contributed by atoms with Crippen LogP contribution in [0.4, 0.5) is 4.79 Å². The van der Waals surface area contributed by atoms with E-state index in [-0.39, 0.29) is 41.5 Å². The predicted molar refractivity (Wildman–Crippen MR) is 107 cm³/mol. The van der Waals surface area contributed by atoms with E-state index < -0.39 is 28.0 Å². The molecule has 0 aromatic heterocycles. The Morgan fingerprint density at radius 3 is 2.23 bits per heavy atom. The molecule has 1 aliphatic rings. The van der Waals surface area contributed by atoms with Crippen LogP contribution < -0.4 is 10.6 Å². The van der Waals surface area contributed by atoms with Gasteiger partial charge in [0.1, 0.15) is 6.61 Å². The quantitative estimate of drug-likeness (QED) is 0.549. The van der Waals surface area contributed by atoms with Crippen molar-refractivity contribution in [3.05, 3.63) is 41.1 Å². The van der Waals surface area contributed by atoms with Crippen LogP contribution in [-0.4, -0.2) is 63.5 Å². The summed E-state index contributed by atoms with van der Waals surface area (Å²) in [4.78, 5) is 35.9. The zero-order chi connectivity index (χ0) is 22.3. The number of ether oxygens (including phenoxy) is 2. The van der Waals surface area contributed by atoms with Crippen LogP contribution in [0, 0.1) is 0 Å². The van der Waals surface area contributed by atoms with Gasteiger partial charge in [0.15, 0.2) is 0 Å². The molecular formula is C19H25N3O7S. The van der Waals surface area contributed by atoms with Crippen LogP contribution in [-0.2, 0) is 24.3 Å². The number of hydrogen-bond acceptors (Lipinski definition) is 7. The maximum Gasteiger partial charge on any atom is 0.338 e. The fourth-order valence-electron chi connectivity index (χ4n) is 2.77. The third kappa shape index (κ3) is 5.36. The molecule has 0 saturated carbocycles. The molecule has 0 unspecified atom stereocenters. The first-order valence-corrected chi connectivity index (χ1v) is 10.9. The van der Waals surface area contributed by atoms with E-state index >= 15 is 0 Å². The van der Waals surface area contributed by atoms with Gasteiger partial charge < -0.3 is 20.1 Å². The van der Waals surface area contributed by atoms with E-state index in [1.807, 2.05) is 0 Å². The lowest BCUT2D eigenvalue weighted by Crippen LogP contribution is -2.45. The maximum atomic E-state index is 12.5. The first kappa shape index (κ1) is 23.4. The number of amides is 2. The summed E-state index contributed by atoms with van der Waals surface area (Å²) < 4.78 is 36.4. The van der Waals surface area contributed by atoms with Gasteiger partial charge in [-0.15, -0.1) is 0 Å². The number of nitrogens with zero attached hydrogens (tertiary/aromatic N) is 1. The lowest BCUT2D eigenvalue weighted by molar-refractivity contribution is -0.138. The van der Waals surface area contributed by atoms with Crippen LogP contribution in [0.1, 0.15) is 31.1 Å². The molecule has 1 aromatic carbocycles. The molecule has 30 heavy (non-hydrogen) atoms. The molecule has 0 atom stereocenters. The number of carbonyl (C=O) groups excluding carboxylic acids is 3. The van der Waals surface area contributed by atoms with Gasteiger partial charge in [-0.25, -0.2) is 22.8 Å². The Labute approximate surface area is 175 Å². The molecule has 2 amide bonds. The van der Waals surface area contributed by atoms with Gasteiger partial charge in [-0.05, 0) is 31.2 Å². The Morgan fingerprint density at radius 1 is 1.03 bits per heavy atom. The largest absolute Gasteiger partial charge is 0.463 e. The van der Waals surface area contributed by atoms with Gasteiger partial charge in [0.2, 0.25) is 10.0 Å². The molecule has 0 aliphatic carbocycles. The molecule has 0 bridgehead atoms. The highest BCUT2D eigenvalue weighted by atomic mass is 32.2. The topological polar surface area (TPSA) is 131 Å². The highest BCUT2D eigenvalue weighted by Gasteiger charge is 2.25. The van der Waals surface area contributed by atoms with Gasteiger partial charge in [-0.2, -0.15) is 4.31 Å². The van der Waals surface area contributed by atoms with E-state index in [0.29, 0.717) is 13.1 Å². The van der Waals surface area contributed by atoms with Crippen LogP contribution in [0.15, 0.2) is 40.4 Å². The van der Waals surface area contributed by atoms with Crippen molar-refractivity contribution in [3.8, 4) is 0 Å². The fourth-order valence-corrected chi connectivity index (χ4v) is 4.22. The molecule has 2 N–H and O–H groups in total. The van der Waals surface area contributed by atoms with Crippen molar-refractivity contribution in [1.29, 1.82) is 0 Å². The van der Waals surface area contributed by atoms with Crippen molar-refractivity contribution in [2.45, 2.75) is 25.7 Å². The van der Waals surface area contributed by atoms with Crippen molar-refractivity contribution >= 4 is 28.0 Å². The van der Waals surface area contributed by atoms with Crippen molar-refractivity contribution in [3.63, 3.8) is 0 Å². The first-order chi connectivity index (χ1) is 14.2. The average molecular weight is 439 g/mol. The van der Waals surface area contributed by atoms with Gasteiger partial charge in [0, 0.05) is 13.1 Å². The molecule has 2 rings (SSSR count). The molecule has 11 heteroatoms. The number of hydrogen-bond donors (Lipinski definition) is 2. The lowest BCUT2D eigenvalue weighted by Gasteiger charge is -2.21. The van der Waals surface area contributed by atoms with E-state index in [9.17, 15) is 22.8 Å². The highest BCUT2D eigenvalue weighted by molar-refractivity contribution is 7.89. The molecule has 0 spiro atoms. The van der Waals surface area contributed by atoms with Crippen LogP contribution in [0.2, 0.25) is 0 Å². The molecule has 10 nitrogen and oxygen atoms in total. The Bertz CT molecular complexity index is 935.